The first kappa shape index (κ1) is 25.1. The third-order valence-corrected chi connectivity index (χ3v) is 7.43. The summed E-state index contributed by atoms with van der Waals surface area (Å²) in [6.45, 7) is 8.39. The number of ether oxygens (including phenoxy) is 2. The minimum absolute atomic E-state index is 0.416. The van der Waals surface area contributed by atoms with Crippen LogP contribution in [0.3, 0.4) is 0 Å². The van der Waals surface area contributed by atoms with Crippen molar-refractivity contribution in [3.63, 3.8) is 0 Å². The van der Waals surface area contributed by atoms with Gasteiger partial charge in [0.1, 0.15) is 6.10 Å². The first-order valence-corrected chi connectivity index (χ1v) is 13.5. The molecule has 27 heavy (non-hydrogen) atoms. The Morgan fingerprint density at radius 1 is 0.704 bits per heavy atom. The predicted octanol–water partition coefficient (Wildman–Crippen LogP) is 5.77. The molecule has 0 spiro atoms. The number of hydrogen-bond acceptors (Lipinski definition) is 4. The van der Waals surface area contributed by atoms with E-state index in [2.05, 4.69) is 13.8 Å². The predicted molar refractivity (Wildman–Crippen MR) is 116 cm³/mol. The van der Waals surface area contributed by atoms with Crippen molar-refractivity contribution in [3.8, 4) is 0 Å². The largest absolute Gasteiger partial charge is 0.397 e. The van der Waals surface area contributed by atoms with Crippen molar-refractivity contribution < 1.29 is 18.3 Å². The lowest BCUT2D eigenvalue weighted by Gasteiger charge is -2.14. The van der Waals surface area contributed by atoms with Gasteiger partial charge in [-0.2, -0.15) is 0 Å². The summed E-state index contributed by atoms with van der Waals surface area (Å²) in [5.41, 5.74) is 0. The molecule has 1 unspecified atom stereocenters. The molecule has 1 fully saturated rings. The lowest BCUT2D eigenvalue weighted by atomic mass is 10.0. The van der Waals surface area contributed by atoms with Crippen LogP contribution < -0.4 is 0 Å². The molecule has 0 aliphatic carbocycles. The van der Waals surface area contributed by atoms with Gasteiger partial charge in [-0.3, -0.25) is 0 Å². The van der Waals surface area contributed by atoms with Gasteiger partial charge in [0.05, 0.1) is 13.2 Å². The highest BCUT2D eigenvalue weighted by molar-refractivity contribution is 6.44. The smallest absolute Gasteiger partial charge is 0.321 e. The van der Waals surface area contributed by atoms with Crippen LogP contribution >= 0.6 is 0 Å². The van der Waals surface area contributed by atoms with E-state index >= 15 is 0 Å². The number of unbranched alkanes of at least 4 members (excludes halogenated alkanes) is 12. The number of epoxide rings is 1. The van der Waals surface area contributed by atoms with Crippen molar-refractivity contribution >= 4 is 9.28 Å². The molecule has 4 nitrogen and oxygen atoms in total. The molecule has 0 saturated carbocycles. The van der Waals surface area contributed by atoms with Gasteiger partial charge in [0, 0.05) is 19.8 Å². The van der Waals surface area contributed by atoms with E-state index in [9.17, 15) is 0 Å². The molecule has 1 atom stereocenters. The summed E-state index contributed by atoms with van der Waals surface area (Å²) >= 11 is 0. The fourth-order valence-corrected chi connectivity index (χ4v) is 5.22. The molecule has 1 heterocycles. The van der Waals surface area contributed by atoms with Gasteiger partial charge in [-0.1, -0.05) is 77.0 Å². The zero-order valence-corrected chi connectivity index (χ0v) is 19.4. The summed E-state index contributed by atoms with van der Waals surface area (Å²) in [7, 11) is -1.34. The Morgan fingerprint density at radius 2 is 1.15 bits per heavy atom. The van der Waals surface area contributed by atoms with Gasteiger partial charge in [-0.05, 0) is 26.3 Å². The Morgan fingerprint density at radius 3 is 1.59 bits per heavy atom. The van der Waals surface area contributed by atoms with E-state index in [0.717, 1.165) is 33.0 Å². The van der Waals surface area contributed by atoms with Crippen LogP contribution in [-0.2, 0) is 18.3 Å². The molecule has 5 heteroatoms. The molecule has 0 radical (unpaired) electrons. The van der Waals surface area contributed by atoms with Gasteiger partial charge in [-0.25, -0.2) is 0 Å². The summed E-state index contributed by atoms with van der Waals surface area (Å²) < 4.78 is 22.1. The Kier molecular flexibility index (Phi) is 18.0. The Hall–Kier alpha value is 0.0569. The van der Waals surface area contributed by atoms with Crippen LogP contribution in [-0.4, -0.2) is 48.4 Å². The normalized spacial score (nSPS) is 16.3. The Balaban J connectivity index is 1.67. The Bertz CT molecular complexity index is 294. The van der Waals surface area contributed by atoms with Crippen molar-refractivity contribution in [1.82, 2.24) is 0 Å². The van der Waals surface area contributed by atoms with E-state index in [0.29, 0.717) is 6.10 Å². The minimum atomic E-state index is -1.34. The molecule has 1 saturated heterocycles. The van der Waals surface area contributed by atoms with Gasteiger partial charge >= 0.3 is 9.28 Å². The molecule has 0 aromatic heterocycles. The van der Waals surface area contributed by atoms with Crippen molar-refractivity contribution in [2.45, 2.75) is 109 Å². The third kappa shape index (κ3) is 17.9. The van der Waals surface area contributed by atoms with Gasteiger partial charge in [-0.15, -0.1) is 0 Å². The van der Waals surface area contributed by atoms with E-state index in [1.807, 2.05) is 0 Å². The van der Waals surface area contributed by atoms with Crippen LogP contribution in [0.4, 0.5) is 0 Å². The van der Waals surface area contributed by atoms with E-state index in [-0.39, 0.29) is 0 Å². The molecule has 1 rings (SSSR count). The zero-order chi connectivity index (χ0) is 19.4. The minimum Gasteiger partial charge on any atom is -0.397 e. The van der Waals surface area contributed by atoms with Crippen LogP contribution in [0.25, 0.3) is 0 Å². The topological polar surface area (TPSA) is 40.2 Å². The van der Waals surface area contributed by atoms with Crippen molar-refractivity contribution in [1.29, 1.82) is 0 Å². The SMILES string of the molecule is CCO[SiH](CCCCCCCCCCCCCCCOCC1CO1)OCC. The first-order valence-electron chi connectivity index (χ1n) is 11.8. The fourth-order valence-electron chi connectivity index (χ4n) is 3.43. The van der Waals surface area contributed by atoms with Crippen molar-refractivity contribution in [2.75, 3.05) is 33.0 Å². The fraction of sp³-hybridized carbons (Fsp3) is 1.00. The maximum Gasteiger partial charge on any atom is 0.321 e. The highest BCUT2D eigenvalue weighted by Gasteiger charge is 2.21. The molecule has 0 aromatic carbocycles. The maximum atomic E-state index is 5.72. The van der Waals surface area contributed by atoms with Crippen molar-refractivity contribution in [2.24, 2.45) is 0 Å². The zero-order valence-electron chi connectivity index (χ0n) is 18.2. The highest BCUT2D eigenvalue weighted by atomic mass is 28.3. The monoisotopic (exact) mass is 402 g/mol. The van der Waals surface area contributed by atoms with Crippen molar-refractivity contribution in [3.05, 3.63) is 0 Å². The standard InChI is InChI=1S/C22H46O4Si/c1-3-25-27(26-4-2)19-17-15-13-11-9-7-5-6-8-10-12-14-16-18-23-20-22-21-24-22/h22,27H,3-21H2,1-2H3. The molecule has 1 aliphatic rings. The van der Waals surface area contributed by atoms with Crippen LogP contribution in [0.5, 0.6) is 0 Å². The lowest BCUT2D eigenvalue weighted by molar-refractivity contribution is 0.113. The summed E-state index contributed by atoms with van der Waals surface area (Å²) in [5.74, 6) is 0. The van der Waals surface area contributed by atoms with Crippen LogP contribution in [0.2, 0.25) is 6.04 Å². The number of hydrogen-bond donors (Lipinski definition) is 0. The maximum absolute atomic E-state index is 5.72. The second-order valence-electron chi connectivity index (χ2n) is 7.76. The summed E-state index contributed by atoms with van der Waals surface area (Å²) in [6.07, 6.45) is 18.2. The van der Waals surface area contributed by atoms with E-state index < -0.39 is 9.28 Å². The van der Waals surface area contributed by atoms with Gasteiger partial charge < -0.3 is 18.3 Å². The van der Waals surface area contributed by atoms with E-state index in [1.54, 1.807) is 0 Å². The second kappa shape index (κ2) is 19.4. The second-order valence-corrected chi connectivity index (χ2v) is 9.86. The molecule has 0 aromatic rings. The lowest BCUT2D eigenvalue weighted by Crippen LogP contribution is -2.22. The van der Waals surface area contributed by atoms with Gasteiger partial charge in [0.15, 0.2) is 0 Å². The molecule has 162 valence electrons. The van der Waals surface area contributed by atoms with Crippen LogP contribution in [0, 0.1) is 0 Å². The van der Waals surface area contributed by atoms with Crippen LogP contribution in [0.1, 0.15) is 97.3 Å². The number of rotatable bonds is 22. The van der Waals surface area contributed by atoms with Gasteiger partial charge in [0.2, 0.25) is 0 Å². The highest BCUT2D eigenvalue weighted by Crippen LogP contribution is 2.14. The molecule has 0 N–H and O–H groups in total. The van der Waals surface area contributed by atoms with E-state index in [1.165, 1.54) is 89.5 Å². The molecule has 0 amide bonds. The molecular formula is C22H46O4Si. The summed E-state index contributed by atoms with van der Waals surface area (Å²) in [4.78, 5) is 0. The first-order chi connectivity index (χ1) is 13.4. The summed E-state index contributed by atoms with van der Waals surface area (Å²) in [5, 5.41) is 0. The average Bonchev–Trinajstić information content (AvgIpc) is 3.49. The Labute approximate surface area is 170 Å². The molecule has 1 aliphatic heterocycles. The molecular weight excluding hydrogens is 356 g/mol. The molecule has 0 bridgehead atoms. The quantitative estimate of drug-likeness (QED) is 0.131. The summed E-state index contributed by atoms with van der Waals surface area (Å²) in [6, 6.07) is 1.18. The van der Waals surface area contributed by atoms with E-state index in [4.69, 9.17) is 18.3 Å². The van der Waals surface area contributed by atoms with Gasteiger partial charge in [0.25, 0.3) is 0 Å². The third-order valence-electron chi connectivity index (χ3n) is 5.14. The van der Waals surface area contributed by atoms with Crippen LogP contribution in [0.15, 0.2) is 0 Å². The average molecular weight is 403 g/mol.